The Balaban J connectivity index is 2.50. The minimum absolute atomic E-state index is 0.260. The Morgan fingerprint density at radius 2 is 1.78 bits per heavy atom. The van der Waals surface area contributed by atoms with Crippen LogP contribution in [0.1, 0.15) is 53.4 Å². The quantitative estimate of drug-likeness (QED) is 0.735. The molecule has 0 spiro atoms. The molecule has 0 N–H and O–H groups in total. The molecule has 1 rings (SSSR count). The van der Waals surface area contributed by atoms with Crippen LogP contribution in [0.15, 0.2) is 0 Å². The minimum Gasteiger partial charge on any atom is -0.325 e. The molecule has 3 heteroatoms. The van der Waals surface area contributed by atoms with E-state index in [2.05, 4.69) is 27.7 Å². The monoisotopic (exact) mass is 254 g/mol. The van der Waals surface area contributed by atoms with E-state index in [1.165, 1.54) is 0 Å². The summed E-state index contributed by atoms with van der Waals surface area (Å²) >= 11 is 0. The van der Waals surface area contributed by atoms with Gasteiger partial charge < -0.3 is 9.80 Å². The fraction of sp³-hybridized carbons (Fsp3) is 0.933. The van der Waals surface area contributed by atoms with E-state index in [0.29, 0.717) is 5.92 Å². The fourth-order valence-corrected chi connectivity index (χ4v) is 2.60. The molecule has 1 aliphatic heterocycles. The minimum atomic E-state index is 0.260. The number of urea groups is 1. The molecule has 18 heavy (non-hydrogen) atoms. The highest BCUT2D eigenvalue weighted by Crippen LogP contribution is 2.18. The van der Waals surface area contributed by atoms with Gasteiger partial charge in [-0.15, -0.1) is 0 Å². The molecule has 0 atom stereocenters. The molecule has 0 unspecified atom stereocenters. The number of rotatable bonds is 5. The van der Waals surface area contributed by atoms with Gasteiger partial charge >= 0.3 is 6.03 Å². The van der Waals surface area contributed by atoms with Gasteiger partial charge in [-0.25, -0.2) is 4.79 Å². The summed E-state index contributed by atoms with van der Waals surface area (Å²) in [6.07, 6.45) is 4.65. The van der Waals surface area contributed by atoms with Crippen molar-refractivity contribution in [2.24, 2.45) is 11.8 Å². The van der Waals surface area contributed by atoms with Crippen molar-refractivity contribution in [3.63, 3.8) is 0 Å². The van der Waals surface area contributed by atoms with Gasteiger partial charge in [0.2, 0.25) is 0 Å². The van der Waals surface area contributed by atoms with Crippen LogP contribution in [0, 0.1) is 11.8 Å². The van der Waals surface area contributed by atoms with E-state index < -0.39 is 0 Å². The van der Waals surface area contributed by atoms with Crippen LogP contribution in [-0.2, 0) is 0 Å². The predicted molar refractivity (Wildman–Crippen MR) is 76.7 cm³/mol. The standard InChI is InChI=1S/C15H30N2O/c1-5-14(6-2)12-16(7-3)15(18)17-10-8-13(4)9-11-17/h13-14H,5-12H2,1-4H3. The lowest BCUT2D eigenvalue weighted by Crippen LogP contribution is -2.47. The van der Waals surface area contributed by atoms with Gasteiger partial charge in [-0.1, -0.05) is 33.6 Å². The zero-order valence-electron chi connectivity index (χ0n) is 12.6. The molecule has 1 fully saturated rings. The van der Waals surface area contributed by atoms with E-state index in [0.717, 1.165) is 57.8 Å². The molecule has 1 saturated heterocycles. The van der Waals surface area contributed by atoms with Crippen LogP contribution < -0.4 is 0 Å². The maximum atomic E-state index is 12.5. The first-order chi connectivity index (χ1) is 8.62. The van der Waals surface area contributed by atoms with E-state index in [1.807, 2.05) is 9.80 Å². The third-order valence-electron chi connectivity index (χ3n) is 4.34. The second-order valence-electron chi connectivity index (χ2n) is 5.67. The number of amides is 2. The maximum absolute atomic E-state index is 12.5. The van der Waals surface area contributed by atoms with Crippen LogP contribution >= 0.6 is 0 Å². The number of likely N-dealkylation sites (tertiary alicyclic amines) is 1. The number of hydrogen-bond donors (Lipinski definition) is 0. The molecular formula is C15H30N2O. The van der Waals surface area contributed by atoms with Crippen LogP contribution in [0.3, 0.4) is 0 Å². The van der Waals surface area contributed by atoms with E-state index in [9.17, 15) is 4.79 Å². The Morgan fingerprint density at radius 1 is 1.22 bits per heavy atom. The van der Waals surface area contributed by atoms with Crippen molar-refractivity contribution in [2.45, 2.75) is 53.4 Å². The van der Waals surface area contributed by atoms with E-state index in [-0.39, 0.29) is 6.03 Å². The topological polar surface area (TPSA) is 23.6 Å². The van der Waals surface area contributed by atoms with Gasteiger partial charge in [-0.3, -0.25) is 0 Å². The van der Waals surface area contributed by atoms with Crippen molar-refractivity contribution in [3.8, 4) is 0 Å². The van der Waals surface area contributed by atoms with Crippen molar-refractivity contribution in [1.29, 1.82) is 0 Å². The van der Waals surface area contributed by atoms with Crippen molar-refractivity contribution < 1.29 is 4.79 Å². The van der Waals surface area contributed by atoms with Gasteiger partial charge in [0, 0.05) is 26.2 Å². The van der Waals surface area contributed by atoms with Gasteiger partial charge in [0.15, 0.2) is 0 Å². The molecular weight excluding hydrogens is 224 g/mol. The SMILES string of the molecule is CCC(CC)CN(CC)C(=O)N1CCC(C)CC1. The van der Waals surface area contributed by atoms with Gasteiger partial charge in [-0.05, 0) is 31.6 Å². The molecule has 3 nitrogen and oxygen atoms in total. The summed E-state index contributed by atoms with van der Waals surface area (Å²) in [6, 6.07) is 0.260. The number of carbonyl (C=O) groups is 1. The first-order valence-corrected chi connectivity index (χ1v) is 7.66. The Bertz CT molecular complexity index is 243. The van der Waals surface area contributed by atoms with Crippen molar-refractivity contribution in [3.05, 3.63) is 0 Å². The Labute approximate surface area is 113 Å². The van der Waals surface area contributed by atoms with Crippen LogP contribution in [0.2, 0.25) is 0 Å². The lowest BCUT2D eigenvalue weighted by molar-refractivity contribution is 0.129. The largest absolute Gasteiger partial charge is 0.325 e. The average Bonchev–Trinajstić information content (AvgIpc) is 2.40. The van der Waals surface area contributed by atoms with Gasteiger partial charge in [0.25, 0.3) is 0 Å². The molecule has 1 heterocycles. The molecule has 0 radical (unpaired) electrons. The zero-order valence-corrected chi connectivity index (χ0v) is 12.6. The van der Waals surface area contributed by atoms with Crippen molar-refractivity contribution in [1.82, 2.24) is 9.80 Å². The zero-order chi connectivity index (χ0) is 13.5. The highest BCUT2D eigenvalue weighted by Gasteiger charge is 2.24. The highest BCUT2D eigenvalue weighted by atomic mass is 16.2. The summed E-state index contributed by atoms with van der Waals surface area (Å²) in [5, 5.41) is 0. The molecule has 0 aliphatic carbocycles. The van der Waals surface area contributed by atoms with E-state index >= 15 is 0 Å². The second-order valence-corrected chi connectivity index (χ2v) is 5.67. The number of nitrogens with zero attached hydrogens (tertiary/aromatic N) is 2. The number of piperidine rings is 1. The summed E-state index contributed by atoms with van der Waals surface area (Å²) in [7, 11) is 0. The third-order valence-corrected chi connectivity index (χ3v) is 4.34. The summed E-state index contributed by atoms with van der Waals surface area (Å²) < 4.78 is 0. The number of hydrogen-bond acceptors (Lipinski definition) is 1. The van der Waals surface area contributed by atoms with Gasteiger partial charge in [0.1, 0.15) is 0 Å². The smallest absolute Gasteiger partial charge is 0.319 e. The molecule has 0 bridgehead atoms. The highest BCUT2D eigenvalue weighted by molar-refractivity contribution is 5.74. The molecule has 106 valence electrons. The Morgan fingerprint density at radius 3 is 2.22 bits per heavy atom. The molecule has 0 saturated carbocycles. The summed E-state index contributed by atoms with van der Waals surface area (Å²) in [4.78, 5) is 16.5. The average molecular weight is 254 g/mol. The first-order valence-electron chi connectivity index (χ1n) is 7.66. The van der Waals surface area contributed by atoms with Crippen LogP contribution in [0.5, 0.6) is 0 Å². The lowest BCUT2D eigenvalue weighted by atomic mass is 9.99. The second kappa shape index (κ2) is 7.65. The predicted octanol–water partition coefficient (Wildman–Crippen LogP) is 3.60. The van der Waals surface area contributed by atoms with Crippen LogP contribution in [0.4, 0.5) is 4.79 Å². The molecule has 0 aromatic rings. The summed E-state index contributed by atoms with van der Waals surface area (Å²) in [5.74, 6) is 1.43. The molecule has 1 aliphatic rings. The van der Waals surface area contributed by atoms with E-state index in [1.54, 1.807) is 0 Å². The van der Waals surface area contributed by atoms with Gasteiger partial charge in [0.05, 0.1) is 0 Å². The molecule has 0 aromatic heterocycles. The number of carbonyl (C=O) groups excluding carboxylic acids is 1. The Hall–Kier alpha value is -0.730. The van der Waals surface area contributed by atoms with Crippen molar-refractivity contribution in [2.75, 3.05) is 26.2 Å². The maximum Gasteiger partial charge on any atom is 0.319 e. The normalized spacial score (nSPS) is 17.3. The van der Waals surface area contributed by atoms with E-state index in [4.69, 9.17) is 0 Å². The fourth-order valence-electron chi connectivity index (χ4n) is 2.60. The van der Waals surface area contributed by atoms with Crippen LogP contribution in [0.25, 0.3) is 0 Å². The lowest BCUT2D eigenvalue weighted by Gasteiger charge is -2.35. The molecule has 2 amide bonds. The first kappa shape index (κ1) is 15.3. The summed E-state index contributed by atoms with van der Waals surface area (Å²) in [6.45, 7) is 12.5. The van der Waals surface area contributed by atoms with Crippen molar-refractivity contribution >= 4 is 6.03 Å². The van der Waals surface area contributed by atoms with Gasteiger partial charge in [-0.2, -0.15) is 0 Å². The molecule has 0 aromatic carbocycles. The third kappa shape index (κ3) is 4.18. The van der Waals surface area contributed by atoms with Crippen LogP contribution in [-0.4, -0.2) is 42.0 Å². The Kier molecular flexibility index (Phi) is 6.51. The summed E-state index contributed by atoms with van der Waals surface area (Å²) in [5.41, 5.74) is 0.